The topological polar surface area (TPSA) is 120 Å². The lowest BCUT2D eigenvalue weighted by atomic mass is 10.3. The van der Waals surface area contributed by atoms with Gasteiger partial charge in [-0.2, -0.15) is 0 Å². The summed E-state index contributed by atoms with van der Waals surface area (Å²) in [7, 11) is -3.99. The number of hydrogen-bond acceptors (Lipinski definition) is 5. The first kappa shape index (κ1) is 14.1. The number of nitrogens with two attached hydrogens (primary N) is 1. The molecule has 1 aromatic carbocycles. The first-order valence-corrected chi connectivity index (χ1v) is 6.87. The highest BCUT2D eigenvalue weighted by atomic mass is 32.2. The van der Waals surface area contributed by atoms with E-state index in [4.69, 9.17) is 5.14 Å². The molecule has 0 bridgehead atoms. The first-order chi connectivity index (χ1) is 9.36. The average Bonchev–Trinajstić information content (AvgIpc) is 2.83. The van der Waals surface area contributed by atoms with Crippen LogP contribution >= 0.6 is 0 Å². The second-order valence-corrected chi connectivity index (χ2v) is 5.40. The van der Waals surface area contributed by atoms with Gasteiger partial charge in [0.2, 0.25) is 15.9 Å². The number of nitrogens with one attached hydrogen (secondary N) is 1. The van der Waals surface area contributed by atoms with E-state index in [2.05, 4.69) is 15.6 Å². The van der Waals surface area contributed by atoms with Crippen molar-refractivity contribution in [3.8, 4) is 0 Å². The van der Waals surface area contributed by atoms with Crippen molar-refractivity contribution in [1.82, 2.24) is 15.0 Å². The molecule has 0 fully saturated rings. The standard InChI is InChI=1S/C10H10FN5O3S/c11-8-5-7(20(12,18)19)1-2-9(8)14-10(17)6-16-4-3-13-15-16/h1-5H,6H2,(H,14,17)(H2,12,18,19). The molecule has 2 aromatic rings. The molecular formula is C10H10FN5O3S. The zero-order valence-corrected chi connectivity index (χ0v) is 10.8. The zero-order valence-electron chi connectivity index (χ0n) is 10.0. The molecule has 3 N–H and O–H groups in total. The first-order valence-electron chi connectivity index (χ1n) is 5.32. The van der Waals surface area contributed by atoms with Crippen LogP contribution in [0.2, 0.25) is 0 Å². The predicted molar refractivity (Wildman–Crippen MR) is 66.4 cm³/mol. The number of carbonyl (C=O) groups is 1. The molecular weight excluding hydrogens is 289 g/mol. The maximum atomic E-state index is 13.7. The van der Waals surface area contributed by atoms with Gasteiger partial charge in [0, 0.05) is 6.20 Å². The number of carbonyl (C=O) groups excluding carboxylic acids is 1. The van der Waals surface area contributed by atoms with Crippen LogP contribution in [-0.2, 0) is 21.4 Å². The van der Waals surface area contributed by atoms with E-state index in [9.17, 15) is 17.6 Å². The van der Waals surface area contributed by atoms with Crippen molar-refractivity contribution >= 4 is 21.6 Å². The highest BCUT2D eigenvalue weighted by Crippen LogP contribution is 2.18. The predicted octanol–water partition coefficient (Wildman–Crippen LogP) is -0.297. The second-order valence-electron chi connectivity index (χ2n) is 3.84. The van der Waals surface area contributed by atoms with Crippen LogP contribution in [0.1, 0.15) is 0 Å². The van der Waals surface area contributed by atoms with Crippen molar-refractivity contribution in [1.29, 1.82) is 0 Å². The number of benzene rings is 1. The fourth-order valence-electron chi connectivity index (χ4n) is 1.43. The quantitative estimate of drug-likeness (QED) is 0.803. The van der Waals surface area contributed by atoms with Crippen molar-refractivity contribution in [3.05, 3.63) is 36.4 Å². The van der Waals surface area contributed by atoms with E-state index in [1.54, 1.807) is 0 Å². The third-order valence-corrected chi connectivity index (χ3v) is 3.23. The fourth-order valence-corrected chi connectivity index (χ4v) is 1.95. The van der Waals surface area contributed by atoms with Crippen LogP contribution in [-0.4, -0.2) is 29.3 Å². The van der Waals surface area contributed by atoms with Crippen molar-refractivity contribution in [2.75, 3.05) is 5.32 Å². The number of rotatable bonds is 4. The lowest BCUT2D eigenvalue weighted by Crippen LogP contribution is -2.20. The Labute approximate surface area is 113 Å². The molecule has 0 radical (unpaired) electrons. The molecule has 1 amide bonds. The smallest absolute Gasteiger partial charge is 0.246 e. The zero-order chi connectivity index (χ0) is 14.8. The van der Waals surface area contributed by atoms with Crippen molar-refractivity contribution in [2.24, 2.45) is 5.14 Å². The molecule has 106 valence electrons. The molecule has 0 unspecified atom stereocenters. The summed E-state index contributed by atoms with van der Waals surface area (Å²) in [5.41, 5.74) is -0.150. The van der Waals surface area contributed by atoms with Crippen molar-refractivity contribution in [2.45, 2.75) is 11.4 Å². The maximum absolute atomic E-state index is 13.7. The SMILES string of the molecule is NS(=O)(=O)c1ccc(NC(=O)Cn2ccnn2)c(F)c1. The van der Waals surface area contributed by atoms with E-state index in [1.807, 2.05) is 0 Å². The van der Waals surface area contributed by atoms with Crippen molar-refractivity contribution < 1.29 is 17.6 Å². The Morgan fingerprint density at radius 2 is 2.20 bits per heavy atom. The van der Waals surface area contributed by atoms with Crippen LogP contribution in [0.4, 0.5) is 10.1 Å². The number of primary sulfonamides is 1. The van der Waals surface area contributed by atoms with Crippen LogP contribution in [0.5, 0.6) is 0 Å². The molecule has 8 nitrogen and oxygen atoms in total. The van der Waals surface area contributed by atoms with Crippen LogP contribution in [0.3, 0.4) is 0 Å². The normalized spacial score (nSPS) is 11.3. The Morgan fingerprint density at radius 1 is 1.45 bits per heavy atom. The summed E-state index contributed by atoms with van der Waals surface area (Å²) in [6, 6.07) is 2.96. The van der Waals surface area contributed by atoms with E-state index >= 15 is 0 Å². The maximum Gasteiger partial charge on any atom is 0.246 e. The lowest BCUT2D eigenvalue weighted by molar-refractivity contribution is -0.116. The molecule has 1 aromatic heterocycles. The van der Waals surface area contributed by atoms with Gasteiger partial charge in [0.25, 0.3) is 0 Å². The minimum Gasteiger partial charge on any atom is -0.322 e. The van der Waals surface area contributed by atoms with Gasteiger partial charge >= 0.3 is 0 Å². The van der Waals surface area contributed by atoms with E-state index in [1.165, 1.54) is 17.1 Å². The van der Waals surface area contributed by atoms with E-state index in [0.717, 1.165) is 18.2 Å². The summed E-state index contributed by atoms with van der Waals surface area (Å²) in [6.07, 6.45) is 2.87. The number of aromatic nitrogens is 3. The average molecular weight is 299 g/mol. The molecule has 0 saturated carbocycles. The van der Waals surface area contributed by atoms with Gasteiger partial charge in [-0.25, -0.2) is 22.6 Å². The second kappa shape index (κ2) is 5.35. The molecule has 0 spiro atoms. The molecule has 10 heteroatoms. The number of anilines is 1. The van der Waals surface area contributed by atoms with Crippen LogP contribution < -0.4 is 10.5 Å². The minimum atomic E-state index is -3.99. The number of nitrogens with zero attached hydrogens (tertiary/aromatic N) is 3. The molecule has 0 aliphatic rings. The summed E-state index contributed by atoms with van der Waals surface area (Å²) in [4.78, 5) is 11.2. The number of hydrogen-bond donors (Lipinski definition) is 2. The monoisotopic (exact) mass is 299 g/mol. The molecule has 0 aliphatic heterocycles. The van der Waals surface area contributed by atoms with E-state index in [-0.39, 0.29) is 17.1 Å². The van der Waals surface area contributed by atoms with E-state index < -0.39 is 21.7 Å². The third kappa shape index (κ3) is 3.36. The minimum absolute atomic E-state index is 0.142. The Hall–Kier alpha value is -2.33. The molecule has 2 rings (SSSR count). The Balaban J connectivity index is 2.12. The summed E-state index contributed by atoms with van der Waals surface area (Å²) < 4.78 is 37.0. The molecule has 0 atom stereocenters. The number of sulfonamides is 1. The largest absolute Gasteiger partial charge is 0.322 e. The van der Waals surface area contributed by atoms with Crippen molar-refractivity contribution in [3.63, 3.8) is 0 Å². The highest BCUT2D eigenvalue weighted by molar-refractivity contribution is 7.89. The van der Waals surface area contributed by atoms with E-state index in [0.29, 0.717) is 0 Å². The molecule has 20 heavy (non-hydrogen) atoms. The Morgan fingerprint density at radius 3 is 2.75 bits per heavy atom. The number of halogens is 1. The summed E-state index contributed by atoms with van der Waals surface area (Å²) >= 11 is 0. The van der Waals surface area contributed by atoms with Gasteiger partial charge in [0.05, 0.1) is 16.8 Å². The van der Waals surface area contributed by atoms with Gasteiger partial charge in [-0.15, -0.1) is 5.10 Å². The molecule has 0 saturated heterocycles. The fraction of sp³-hybridized carbons (Fsp3) is 0.100. The van der Waals surface area contributed by atoms with Gasteiger partial charge < -0.3 is 5.32 Å². The molecule has 1 heterocycles. The summed E-state index contributed by atoms with van der Waals surface area (Å²) in [5, 5.41) is 14.3. The summed E-state index contributed by atoms with van der Waals surface area (Å²) in [5.74, 6) is -1.43. The van der Waals surface area contributed by atoms with Gasteiger partial charge in [0.15, 0.2) is 0 Å². The van der Waals surface area contributed by atoms with Crippen LogP contribution in [0.15, 0.2) is 35.5 Å². The molecule has 0 aliphatic carbocycles. The van der Waals surface area contributed by atoms with Crippen LogP contribution in [0, 0.1) is 5.82 Å². The Kier molecular flexibility index (Phi) is 3.77. The Bertz CT molecular complexity index is 729. The van der Waals surface area contributed by atoms with Crippen LogP contribution in [0.25, 0.3) is 0 Å². The van der Waals surface area contributed by atoms with Gasteiger partial charge in [0.1, 0.15) is 12.4 Å². The van der Waals surface area contributed by atoms with Gasteiger partial charge in [-0.05, 0) is 18.2 Å². The summed E-state index contributed by atoms with van der Waals surface area (Å²) in [6.45, 7) is -0.142. The van der Waals surface area contributed by atoms with Gasteiger partial charge in [-0.3, -0.25) is 4.79 Å². The number of amides is 1. The third-order valence-electron chi connectivity index (χ3n) is 2.32. The van der Waals surface area contributed by atoms with Gasteiger partial charge in [-0.1, -0.05) is 5.21 Å². The lowest BCUT2D eigenvalue weighted by Gasteiger charge is -2.07. The highest BCUT2D eigenvalue weighted by Gasteiger charge is 2.13.